The lowest BCUT2D eigenvalue weighted by molar-refractivity contribution is -0.134. The highest BCUT2D eigenvalue weighted by molar-refractivity contribution is 5.85. The number of hydrogen-bond acceptors (Lipinski definition) is 4. The van der Waals surface area contributed by atoms with Crippen LogP contribution in [-0.4, -0.2) is 17.0 Å². The molecule has 6 heteroatoms. The van der Waals surface area contributed by atoms with Gasteiger partial charge < -0.3 is 14.6 Å². The van der Waals surface area contributed by atoms with Crippen molar-refractivity contribution in [1.29, 1.82) is 0 Å². The van der Waals surface area contributed by atoms with Crippen molar-refractivity contribution in [2.24, 2.45) is 0 Å². The van der Waals surface area contributed by atoms with E-state index >= 15 is 0 Å². The predicted octanol–water partition coefficient (Wildman–Crippen LogP) is 5.35. The number of carboxylic acid groups (broad SMARTS) is 1. The molecule has 0 heterocycles. The summed E-state index contributed by atoms with van der Waals surface area (Å²) in [6.07, 6.45) is 2.86. The molecule has 0 fully saturated rings. The van der Waals surface area contributed by atoms with Gasteiger partial charge in [0.05, 0.1) is 0 Å². The summed E-state index contributed by atoms with van der Waals surface area (Å²) >= 11 is 0. The molecule has 0 saturated carbocycles. The molecule has 3 rings (SSSR count). The summed E-state index contributed by atoms with van der Waals surface area (Å²) in [6, 6.07) is 18.7. The molecule has 0 bridgehead atoms. The first-order chi connectivity index (χ1) is 15.4. The van der Waals surface area contributed by atoms with E-state index in [1.165, 1.54) is 18.2 Å². The van der Waals surface area contributed by atoms with Crippen LogP contribution in [0.4, 0.5) is 4.39 Å². The fourth-order valence-electron chi connectivity index (χ4n) is 2.95. The van der Waals surface area contributed by atoms with Crippen LogP contribution < -0.4 is 9.47 Å². The molecular weight excluding hydrogens is 411 g/mol. The summed E-state index contributed by atoms with van der Waals surface area (Å²) in [5.41, 5.74) is 3.35. The fourth-order valence-corrected chi connectivity index (χ4v) is 2.95. The van der Waals surface area contributed by atoms with Crippen molar-refractivity contribution in [2.75, 3.05) is 0 Å². The largest absolute Gasteiger partial charge is 0.485 e. The van der Waals surface area contributed by atoms with Crippen LogP contribution in [0.5, 0.6) is 11.5 Å². The first-order valence-corrected chi connectivity index (χ1v) is 10.1. The molecule has 0 atom stereocenters. The number of halogens is 1. The number of hydrogen-bond donors (Lipinski definition) is 1. The number of benzene rings is 3. The lowest BCUT2D eigenvalue weighted by atomic mass is 10.1. The quantitative estimate of drug-likeness (QED) is 0.279. The topological polar surface area (TPSA) is 72.8 Å². The zero-order valence-corrected chi connectivity index (χ0v) is 17.6. The van der Waals surface area contributed by atoms with E-state index in [-0.39, 0.29) is 24.6 Å². The van der Waals surface area contributed by atoms with E-state index in [1.54, 1.807) is 30.3 Å². The molecule has 0 aliphatic heterocycles. The smallest absolute Gasteiger partial charge is 0.328 e. The molecule has 0 aliphatic carbocycles. The van der Waals surface area contributed by atoms with Gasteiger partial charge in [0, 0.05) is 12.5 Å². The van der Waals surface area contributed by atoms with Crippen LogP contribution in [0.15, 0.2) is 72.8 Å². The first-order valence-electron chi connectivity index (χ1n) is 10.1. The molecule has 0 radical (unpaired) electrons. The fraction of sp³-hybridized carbons (Fsp3) is 0.154. The van der Waals surface area contributed by atoms with Crippen LogP contribution >= 0.6 is 0 Å². The third-order valence-electron chi connectivity index (χ3n) is 4.63. The van der Waals surface area contributed by atoms with Gasteiger partial charge in [-0.25, -0.2) is 9.18 Å². The number of carbonyl (C=O) groups is 2. The van der Waals surface area contributed by atoms with Crippen molar-refractivity contribution in [3.05, 3.63) is 101 Å². The average Bonchev–Trinajstić information content (AvgIpc) is 2.77. The molecular formula is C26H23FO5. The van der Waals surface area contributed by atoms with Gasteiger partial charge in [0.2, 0.25) is 0 Å². The number of aryl methyl sites for hydroxylation is 2. The molecule has 32 heavy (non-hydrogen) atoms. The van der Waals surface area contributed by atoms with Gasteiger partial charge in [-0.3, -0.25) is 4.79 Å². The Balaban J connectivity index is 1.72. The van der Waals surface area contributed by atoms with E-state index in [0.29, 0.717) is 23.3 Å². The average molecular weight is 434 g/mol. The second-order valence-electron chi connectivity index (χ2n) is 7.26. The number of aliphatic carboxylic acids is 1. The second kappa shape index (κ2) is 10.9. The zero-order valence-electron chi connectivity index (χ0n) is 17.6. The Labute approximate surface area is 185 Å². The zero-order chi connectivity index (χ0) is 22.9. The lowest BCUT2D eigenvalue weighted by Crippen LogP contribution is -2.10. The van der Waals surface area contributed by atoms with Crippen molar-refractivity contribution < 1.29 is 28.6 Å². The number of rotatable bonds is 9. The number of carbonyl (C=O) groups excluding carboxylic acids is 1. The van der Waals surface area contributed by atoms with Gasteiger partial charge >= 0.3 is 11.9 Å². The normalized spacial score (nSPS) is 10.8. The number of esters is 1. The Morgan fingerprint density at radius 3 is 2.47 bits per heavy atom. The minimum Gasteiger partial charge on any atom is -0.485 e. The van der Waals surface area contributed by atoms with Crippen LogP contribution in [-0.2, 0) is 22.6 Å². The molecule has 0 amide bonds. The van der Waals surface area contributed by atoms with E-state index in [9.17, 15) is 14.0 Å². The third kappa shape index (κ3) is 7.09. The highest BCUT2D eigenvalue weighted by Crippen LogP contribution is 2.30. The molecule has 164 valence electrons. The molecule has 0 unspecified atom stereocenters. The monoisotopic (exact) mass is 434 g/mol. The van der Waals surface area contributed by atoms with Crippen molar-refractivity contribution in [3.63, 3.8) is 0 Å². The van der Waals surface area contributed by atoms with Gasteiger partial charge in [0.25, 0.3) is 0 Å². The molecule has 0 aromatic heterocycles. The first kappa shape index (κ1) is 22.7. The molecule has 0 saturated heterocycles. The summed E-state index contributed by atoms with van der Waals surface area (Å²) in [4.78, 5) is 23.2. The molecule has 3 aromatic carbocycles. The summed E-state index contributed by atoms with van der Waals surface area (Å²) < 4.78 is 24.7. The van der Waals surface area contributed by atoms with Crippen LogP contribution in [0.1, 0.15) is 28.7 Å². The van der Waals surface area contributed by atoms with Gasteiger partial charge in [-0.15, -0.1) is 0 Å². The van der Waals surface area contributed by atoms with Crippen molar-refractivity contribution in [3.8, 4) is 11.5 Å². The minimum atomic E-state index is -1.07. The van der Waals surface area contributed by atoms with Crippen LogP contribution in [0.25, 0.3) is 6.08 Å². The number of carboxylic acids is 1. The van der Waals surface area contributed by atoms with Crippen molar-refractivity contribution in [2.45, 2.75) is 26.4 Å². The lowest BCUT2D eigenvalue weighted by Gasteiger charge is -2.13. The maximum atomic E-state index is 13.3. The summed E-state index contributed by atoms with van der Waals surface area (Å²) in [5.74, 6) is -1.36. The van der Waals surface area contributed by atoms with E-state index in [4.69, 9.17) is 14.6 Å². The van der Waals surface area contributed by atoms with E-state index in [2.05, 4.69) is 0 Å². The maximum absolute atomic E-state index is 13.3. The van der Waals surface area contributed by atoms with Gasteiger partial charge in [-0.2, -0.15) is 0 Å². The van der Waals surface area contributed by atoms with Gasteiger partial charge in [0.1, 0.15) is 12.4 Å². The van der Waals surface area contributed by atoms with Gasteiger partial charge in [-0.05, 0) is 60.4 Å². The Morgan fingerprint density at radius 1 is 0.969 bits per heavy atom. The summed E-state index contributed by atoms with van der Waals surface area (Å²) in [6.45, 7) is 2.24. The molecule has 0 spiro atoms. The Bertz CT molecular complexity index is 1120. The molecule has 5 nitrogen and oxygen atoms in total. The molecule has 1 N–H and O–H groups in total. The predicted molar refractivity (Wildman–Crippen MR) is 119 cm³/mol. The van der Waals surface area contributed by atoms with Gasteiger partial charge in [0.15, 0.2) is 11.5 Å². The second-order valence-corrected chi connectivity index (χ2v) is 7.26. The van der Waals surface area contributed by atoms with Crippen LogP contribution in [0.3, 0.4) is 0 Å². The Hall–Kier alpha value is -3.93. The highest BCUT2D eigenvalue weighted by atomic mass is 19.1. The molecule has 0 aliphatic rings. The molecule has 3 aromatic rings. The SMILES string of the molecule is Cc1ccc(COc2cc(/C=C/C(=O)O)ccc2OC(=O)CCc2cccc(F)c2)cc1. The minimum absolute atomic E-state index is 0.0710. The van der Waals surface area contributed by atoms with Crippen molar-refractivity contribution in [1.82, 2.24) is 0 Å². The summed E-state index contributed by atoms with van der Waals surface area (Å²) in [7, 11) is 0. The van der Waals surface area contributed by atoms with Crippen LogP contribution in [0, 0.1) is 12.7 Å². The van der Waals surface area contributed by atoms with Crippen molar-refractivity contribution >= 4 is 18.0 Å². The van der Waals surface area contributed by atoms with E-state index in [1.807, 2.05) is 31.2 Å². The highest BCUT2D eigenvalue weighted by Gasteiger charge is 2.12. The standard InChI is InChI=1S/C26H23FO5/c1-18-5-7-21(8-6-18)17-31-24-16-20(10-13-25(28)29)9-12-23(24)32-26(30)14-11-19-3-2-4-22(27)15-19/h2-10,12-13,15-16H,11,14,17H2,1H3,(H,28,29)/b13-10+. The Kier molecular flexibility index (Phi) is 7.75. The van der Waals surface area contributed by atoms with Gasteiger partial charge in [-0.1, -0.05) is 48.0 Å². The summed E-state index contributed by atoms with van der Waals surface area (Å²) in [5, 5.41) is 8.85. The Morgan fingerprint density at radius 2 is 1.75 bits per heavy atom. The van der Waals surface area contributed by atoms with E-state index in [0.717, 1.165) is 17.2 Å². The van der Waals surface area contributed by atoms with Crippen LogP contribution in [0.2, 0.25) is 0 Å². The maximum Gasteiger partial charge on any atom is 0.328 e. The van der Waals surface area contributed by atoms with E-state index < -0.39 is 11.9 Å². The number of ether oxygens (including phenoxy) is 2. The third-order valence-corrected chi connectivity index (χ3v) is 4.63.